The molecule has 1 aliphatic heterocycles. The molecule has 1 unspecified atom stereocenters. The number of alkyl halides is 3. The summed E-state index contributed by atoms with van der Waals surface area (Å²) in [5, 5.41) is 2.64. The molecule has 1 N–H and O–H groups in total. The Balaban J connectivity index is 1.49. The predicted molar refractivity (Wildman–Crippen MR) is 117 cm³/mol. The summed E-state index contributed by atoms with van der Waals surface area (Å²) in [5.41, 5.74) is 0.207. The number of nitrogens with one attached hydrogen (secondary N) is 1. The maximum absolute atomic E-state index is 12.7. The van der Waals surface area contributed by atoms with Crippen LogP contribution in [0.3, 0.4) is 0 Å². The average Bonchev–Trinajstić information content (AvgIpc) is 2.82. The van der Waals surface area contributed by atoms with Crippen LogP contribution >= 0.6 is 0 Å². The van der Waals surface area contributed by atoms with E-state index in [1.165, 1.54) is 11.0 Å². The molecule has 33 heavy (non-hydrogen) atoms. The van der Waals surface area contributed by atoms with Gasteiger partial charge in [0.15, 0.2) is 0 Å². The van der Waals surface area contributed by atoms with Gasteiger partial charge in [0.2, 0.25) is 11.8 Å². The first kappa shape index (κ1) is 24.0. The van der Waals surface area contributed by atoms with Crippen LogP contribution in [0.5, 0.6) is 0 Å². The molecule has 2 aromatic carbocycles. The first-order valence-corrected chi connectivity index (χ1v) is 10.4. The van der Waals surface area contributed by atoms with Gasteiger partial charge in [0.05, 0.1) is 5.56 Å². The average molecular weight is 459 g/mol. The second-order valence-electron chi connectivity index (χ2n) is 7.67. The van der Waals surface area contributed by atoms with E-state index in [0.29, 0.717) is 0 Å². The lowest BCUT2D eigenvalue weighted by molar-refractivity contribution is -0.137. The predicted octanol–water partition coefficient (Wildman–Crippen LogP) is 3.21. The van der Waals surface area contributed by atoms with E-state index in [1.807, 2.05) is 30.3 Å². The number of nitrogens with zero attached hydrogens (tertiary/aromatic N) is 2. The van der Waals surface area contributed by atoms with Gasteiger partial charge < -0.3 is 15.1 Å². The second-order valence-corrected chi connectivity index (χ2v) is 7.67. The first-order chi connectivity index (χ1) is 15.6. The van der Waals surface area contributed by atoms with Crippen LogP contribution in [-0.4, -0.2) is 59.7 Å². The van der Waals surface area contributed by atoms with E-state index in [1.54, 1.807) is 17.9 Å². The minimum absolute atomic E-state index is 0.161. The van der Waals surface area contributed by atoms with Crippen molar-refractivity contribution in [3.63, 3.8) is 0 Å². The summed E-state index contributed by atoms with van der Waals surface area (Å²) in [6.45, 7) is 2.63. The summed E-state index contributed by atoms with van der Waals surface area (Å²) in [5.74, 6) is -1.04. The number of halogens is 3. The largest absolute Gasteiger partial charge is 0.416 e. The molecule has 0 radical (unpaired) electrons. The molecule has 1 aliphatic rings. The topological polar surface area (TPSA) is 69.7 Å². The van der Waals surface area contributed by atoms with Gasteiger partial charge in [-0.3, -0.25) is 14.4 Å². The van der Waals surface area contributed by atoms with Gasteiger partial charge in [-0.1, -0.05) is 30.3 Å². The third kappa shape index (κ3) is 6.44. The second kappa shape index (κ2) is 10.3. The zero-order valence-corrected chi connectivity index (χ0v) is 18.0. The minimum atomic E-state index is -4.46. The molecule has 6 nitrogen and oxygen atoms in total. The van der Waals surface area contributed by atoms with E-state index in [4.69, 9.17) is 0 Å². The normalized spacial score (nSPS) is 15.4. The third-order valence-corrected chi connectivity index (χ3v) is 5.29. The highest BCUT2D eigenvalue weighted by atomic mass is 19.4. The highest BCUT2D eigenvalue weighted by Gasteiger charge is 2.31. The summed E-state index contributed by atoms with van der Waals surface area (Å²) >= 11 is 0. The molecule has 3 amide bonds. The Morgan fingerprint density at radius 1 is 0.909 bits per heavy atom. The molecule has 1 fully saturated rings. The molecular weight excluding hydrogens is 435 g/mol. The van der Waals surface area contributed by atoms with Crippen LogP contribution < -0.4 is 5.32 Å². The molecule has 0 bridgehead atoms. The fraction of sp³-hybridized carbons (Fsp3) is 0.292. The Hall–Kier alpha value is -3.62. The quantitative estimate of drug-likeness (QED) is 0.699. The van der Waals surface area contributed by atoms with Crippen molar-refractivity contribution >= 4 is 23.8 Å². The van der Waals surface area contributed by atoms with Crippen LogP contribution in [0.4, 0.5) is 13.2 Å². The number of hydrogen-bond donors (Lipinski definition) is 1. The lowest BCUT2D eigenvalue weighted by atomic mass is 10.1. The smallest absolute Gasteiger partial charge is 0.341 e. The van der Waals surface area contributed by atoms with Gasteiger partial charge >= 0.3 is 6.18 Å². The fourth-order valence-electron chi connectivity index (χ4n) is 3.45. The zero-order chi connectivity index (χ0) is 24.0. The number of benzene rings is 2. The van der Waals surface area contributed by atoms with E-state index in [-0.39, 0.29) is 43.6 Å². The van der Waals surface area contributed by atoms with Gasteiger partial charge in [-0.25, -0.2) is 0 Å². The van der Waals surface area contributed by atoms with Gasteiger partial charge in [-0.15, -0.1) is 0 Å². The van der Waals surface area contributed by atoms with Crippen LogP contribution in [0.1, 0.15) is 28.4 Å². The van der Waals surface area contributed by atoms with Crippen LogP contribution in [0.15, 0.2) is 60.7 Å². The van der Waals surface area contributed by atoms with Gasteiger partial charge in [0.1, 0.15) is 6.04 Å². The molecule has 0 spiro atoms. The van der Waals surface area contributed by atoms with Crippen LogP contribution in [0.2, 0.25) is 0 Å². The minimum Gasteiger partial charge on any atom is -0.341 e. The summed E-state index contributed by atoms with van der Waals surface area (Å²) in [6, 6.07) is 12.6. The summed E-state index contributed by atoms with van der Waals surface area (Å²) < 4.78 is 38.1. The molecular formula is C24H24F3N3O3. The van der Waals surface area contributed by atoms with E-state index < -0.39 is 23.7 Å². The van der Waals surface area contributed by atoms with Crippen LogP contribution in [0.25, 0.3) is 6.08 Å². The number of rotatable bonds is 5. The molecule has 0 aromatic heterocycles. The molecule has 0 saturated carbocycles. The van der Waals surface area contributed by atoms with Crippen molar-refractivity contribution in [2.24, 2.45) is 0 Å². The molecule has 0 aliphatic carbocycles. The van der Waals surface area contributed by atoms with Crippen LogP contribution in [-0.2, 0) is 15.8 Å². The lowest BCUT2D eigenvalue weighted by Gasteiger charge is -2.36. The van der Waals surface area contributed by atoms with E-state index in [0.717, 1.165) is 29.8 Å². The monoisotopic (exact) mass is 459 g/mol. The third-order valence-electron chi connectivity index (χ3n) is 5.29. The van der Waals surface area contributed by atoms with Crippen molar-refractivity contribution in [1.29, 1.82) is 0 Å². The number of carbonyl (C=O) groups is 3. The van der Waals surface area contributed by atoms with Crippen molar-refractivity contribution in [3.8, 4) is 0 Å². The Kier molecular flexibility index (Phi) is 7.52. The van der Waals surface area contributed by atoms with Gasteiger partial charge in [-0.05, 0) is 42.8 Å². The number of amides is 3. The van der Waals surface area contributed by atoms with E-state index >= 15 is 0 Å². The van der Waals surface area contributed by atoms with Crippen molar-refractivity contribution in [3.05, 3.63) is 77.4 Å². The van der Waals surface area contributed by atoms with Crippen molar-refractivity contribution in [2.45, 2.75) is 19.1 Å². The summed E-state index contributed by atoms with van der Waals surface area (Å²) in [6.07, 6.45) is -1.45. The number of hydrogen-bond acceptors (Lipinski definition) is 3. The standard InChI is InChI=1S/C24H24F3N3O3/c1-17(28-21(31)12-7-18-5-3-2-4-6-18)22(32)29-13-15-30(16-14-29)23(33)19-8-10-20(11-9-19)24(25,26)27/h2-12,17H,13-16H2,1H3,(H,28,31)/b12-7+. The Labute approximate surface area is 189 Å². The van der Waals surface area contributed by atoms with Gasteiger partial charge in [0.25, 0.3) is 5.91 Å². The van der Waals surface area contributed by atoms with Gasteiger partial charge in [-0.2, -0.15) is 13.2 Å². The van der Waals surface area contributed by atoms with E-state index in [9.17, 15) is 27.6 Å². The Morgan fingerprint density at radius 3 is 2.06 bits per heavy atom. The van der Waals surface area contributed by atoms with E-state index in [2.05, 4.69) is 5.32 Å². The molecule has 1 atom stereocenters. The maximum atomic E-state index is 12.7. The fourth-order valence-corrected chi connectivity index (χ4v) is 3.45. The number of carbonyl (C=O) groups excluding carboxylic acids is 3. The molecule has 1 heterocycles. The van der Waals surface area contributed by atoms with Crippen LogP contribution in [0, 0.1) is 0 Å². The highest BCUT2D eigenvalue weighted by Crippen LogP contribution is 2.29. The number of piperazine rings is 1. The summed E-state index contributed by atoms with van der Waals surface area (Å²) in [7, 11) is 0. The Morgan fingerprint density at radius 2 is 1.48 bits per heavy atom. The Bertz CT molecular complexity index is 1010. The maximum Gasteiger partial charge on any atom is 0.416 e. The van der Waals surface area contributed by atoms with Gasteiger partial charge in [0, 0.05) is 37.8 Å². The van der Waals surface area contributed by atoms with Crippen molar-refractivity contribution < 1.29 is 27.6 Å². The van der Waals surface area contributed by atoms with Crippen molar-refractivity contribution in [2.75, 3.05) is 26.2 Å². The van der Waals surface area contributed by atoms with Crippen molar-refractivity contribution in [1.82, 2.24) is 15.1 Å². The molecule has 2 aromatic rings. The molecule has 174 valence electrons. The molecule has 3 rings (SSSR count). The lowest BCUT2D eigenvalue weighted by Crippen LogP contribution is -2.55. The molecule has 9 heteroatoms. The summed E-state index contributed by atoms with van der Waals surface area (Å²) in [4.78, 5) is 40.4. The SMILES string of the molecule is CC(NC(=O)/C=C/c1ccccc1)C(=O)N1CCN(C(=O)c2ccc(C(F)(F)F)cc2)CC1. The highest BCUT2D eigenvalue weighted by molar-refractivity contribution is 5.96. The zero-order valence-electron chi connectivity index (χ0n) is 18.0. The first-order valence-electron chi connectivity index (χ1n) is 10.4. The molecule has 1 saturated heterocycles.